The summed E-state index contributed by atoms with van der Waals surface area (Å²) in [5, 5.41) is 15.7. The van der Waals surface area contributed by atoms with Crippen LogP contribution < -0.4 is 4.83 Å². The number of nitrogens with one attached hydrogen (secondary N) is 1. The van der Waals surface area contributed by atoms with Crippen molar-refractivity contribution in [2.75, 3.05) is 0 Å². The summed E-state index contributed by atoms with van der Waals surface area (Å²) in [7, 11) is -3.77. The number of phenols is 1. The first-order valence-corrected chi connectivity index (χ1v) is 10.2. The lowest BCUT2D eigenvalue weighted by Crippen LogP contribution is -2.18. The number of aromatic hydroxyl groups is 1. The number of hydrogen-bond donors (Lipinski definition) is 2. The van der Waals surface area contributed by atoms with Gasteiger partial charge in [-0.3, -0.25) is 0 Å². The third-order valence-corrected chi connectivity index (χ3v) is 5.43. The third kappa shape index (κ3) is 4.46. The molecule has 27 heavy (non-hydrogen) atoms. The molecule has 0 spiro atoms. The molecular weight excluding hydrogens is 360 g/mol. The topological polar surface area (TPSA) is 78.8 Å². The van der Waals surface area contributed by atoms with E-state index in [0.29, 0.717) is 11.5 Å². The van der Waals surface area contributed by atoms with Crippen LogP contribution >= 0.6 is 0 Å². The predicted octanol–water partition coefficient (Wildman–Crippen LogP) is 4.06. The maximum absolute atomic E-state index is 12.4. The first-order valence-electron chi connectivity index (χ1n) is 8.71. The third-order valence-electron chi connectivity index (χ3n) is 4.19. The Balaban J connectivity index is 1.80. The number of fused-ring (bicyclic) bond motifs is 1. The maximum Gasteiger partial charge on any atom is 0.276 e. The van der Waals surface area contributed by atoms with Crippen molar-refractivity contribution < 1.29 is 13.5 Å². The summed E-state index contributed by atoms with van der Waals surface area (Å²) >= 11 is 0. The Morgan fingerprint density at radius 1 is 1.04 bits per heavy atom. The fourth-order valence-electron chi connectivity index (χ4n) is 2.91. The average molecular weight is 382 g/mol. The molecule has 0 radical (unpaired) electrons. The van der Waals surface area contributed by atoms with E-state index in [2.05, 4.69) is 23.8 Å². The minimum absolute atomic E-state index is 0.0367. The Kier molecular flexibility index (Phi) is 5.46. The van der Waals surface area contributed by atoms with E-state index in [4.69, 9.17) is 0 Å². The summed E-state index contributed by atoms with van der Waals surface area (Å²) in [6.07, 6.45) is 2.22. The SMILES string of the molecule is CC(C)Cc1ccc(S(=O)(=O)N/N=C\c2c(O)ccc3ccccc23)cc1. The molecule has 0 fully saturated rings. The second kappa shape index (κ2) is 7.80. The van der Waals surface area contributed by atoms with Crippen LogP contribution in [0, 0.1) is 5.92 Å². The summed E-state index contributed by atoms with van der Waals surface area (Å²) in [6, 6.07) is 17.6. The lowest BCUT2D eigenvalue weighted by Gasteiger charge is -2.07. The van der Waals surface area contributed by atoms with E-state index >= 15 is 0 Å². The molecule has 0 atom stereocenters. The van der Waals surface area contributed by atoms with Gasteiger partial charge in [-0.2, -0.15) is 13.5 Å². The lowest BCUT2D eigenvalue weighted by molar-refractivity contribution is 0.475. The molecule has 0 heterocycles. The van der Waals surface area contributed by atoms with Gasteiger partial charge in [0.25, 0.3) is 10.0 Å². The molecule has 3 aromatic carbocycles. The van der Waals surface area contributed by atoms with E-state index in [1.165, 1.54) is 6.21 Å². The Morgan fingerprint density at radius 2 is 1.74 bits per heavy atom. The Morgan fingerprint density at radius 3 is 2.44 bits per heavy atom. The molecule has 0 saturated heterocycles. The highest BCUT2D eigenvalue weighted by atomic mass is 32.2. The first kappa shape index (κ1) is 18.9. The van der Waals surface area contributed by atoms with E-state index in [1.54, 1.807) is 24.3 Å². The number of hydrazone groups is 1. The van der Waals surface area contributed by atoms with Crippen LogP contribution in [-0.2, 0) is 16.4 Å². The van der Waals surface area contributed by atoms with Crippen LogP contribution in [0.4, 0.5) is 0 Å². The van der Waals surface area contributed by atoms with Crippen molar-refractivity contribution in [3.8, 4) is 5.75 Å². The van der Waals surface area contributed by atoms with Gasteiger partial charge in [0, 0.05) is 5.56 Å². The molecule has 0 aliphatic carbocycles. The summed E-state index contributed by atoms with van der Waals surface area (Å²) in [4.78, 5) is 2.35. The number of benzene rings is 3. The molecule has 0 amide bonds. The molecule has 3 aromatic rings. The quantitative estimate of drug-likeness (QED) is 0.498. The van der Waals surface area contributed by atoms with Crippen LogP contribution in [0.1, 0.15) is 25.0 Å². The highest BCUT2D eigenvalue weighted by molar-refractivity contribution is 7.89. The molecule has 140 valence electrons. The minimum atomic E-state index is -3.77. The molecule has 0 unspecified atom stereocenters. The molecule has 5 nitrogen and oxygen atoms in total. The van der Waals surface area contributed by atoms with Crippen molar-refractivity contribution in [3.63, 3.8) is 0 Å². The van der Waals surface area contributed by atoms with Gasteiger partial charge in [0.2, 0.25) is 0 Å². The molecule has 0 bridgehead atoms. The van der Waals surface area contributed by atoms with Gasteiger partial charge in [0.1, 0.15) is 5.75 Å². The Hall–Kier alpha value is -2.86. The monoisotopic (exact) mass is 382 g/mol. The van der Waals surface area contributed by atoms with E-state index in [1.807, 2.05) is 36.4 Å². The lowest BCUT2D eigenvalue weighted by atomic mass is 10.0. The molecular formula is C21H22N2O3S. The van der Waals surface area contributed by atoms with Gasteiger partial charge < -0.3 is 5.11 Å². The van der Waals surface area contributed by atoms with Crippen molar-refractivity contribution in [2.45, 2.75) is 25.2 Å². The zero-order chi connectivity index (χ0) is 19.4. The molecule has 0 saturated carbocycles. The number of rotatable bonds is 6. The van der Waals surface area contributed by atoms with Gasteiger partial charge in [-0.15, -0.1) is 0 Å². The number of nitrogens with zero attached hydrogens (tertiary/aromatic N) is 1. The predicted molar refractivity (Wildman–Crippen MR) is 109 cm³/mol. The number of hydrogen-bond acceptors (Lipinski definition) is 4. The molecule has 3 rings (SSSR count). The van der Waals surface area contributed by atoms with Crippen LogP contribution in [0.5, 0.6) is 5.75 Å². The normalized spacial score (nSPS) is 12.1. The van der Waals surface area contributed by atoms with Crippen LogP contribution in [0.3, 0.4) is 0 Å². The Labute approximate surface area is 159 Å². The largest absolute Gasteiger partial charge is 0.507 e. The summed E-state index contributed by atoms with van der Waals surface area (Å²) in [5.74, 6) is 0.540. The van der Waals surface area contributed by atoms with E-state index < -0.39 is 10.0 Å². The van der Waals surface area contributed by atoms with Crippen molar-refractivity contribution in [3.05, 3.63) is 71.8 Å². The molecule has 0 aromatic heterocycles. The average Bonchev–Trinajstić information content (AvgIpc) is 2.63. The summed E-state index contributed by atoms with van der Waals surface area (Å²) < 4.78 is 24.8. The van der Waals surface area contributed by atoms with E-state index in [0.717, 1.165) is 22.8 Å². The van der Waals surface area contributed by atoms with Crippen LogP contribution in [0.2, 0.25) is 0 Å². The van der Waals surface area contributed by atoms with Gasteiger partial charge in [-0.05, 0) is 46.9 Å². The Bertz CT molecular complexity index is 1070. The zero-order valence-electron chi connectivity index (χ0n) is 15.3. The standard InChI is InChI=1S/C21H22N2O3S/c1-15(2)13-16-7-10-18(11-8-16)27(25,26)23-22-14-20-19-6-4-3-5-17(19)9-12-21(20)24/h3-12,14-15,23-24H,13H2,1-2H3/b22-14-. The van der Waals surface area contributed by atoms with Gasteiger partial charge in [-0.1, -0.05) is 56.3 Å². The molecule has 0 aliphatic rings. The van der Waals surface area contributed by atoms with Crippen molar-refractivity contribution in [1.29, 1.82) is 0 Å². The molecule has 0 aliphatic heterocycles. The fraction of sp³-hybridized carbons (Fsp3) is 0.190. The van der Waals surface area contributed by atoms with Gasteiger partial charge in [0.15, 0.2) is 0 Å². The summed E-state index contributed by atoms with van der Waals surface area (Å²) in [5.41, 5.74) is 1.55. The second-order valence-corrected chi connectivity index (χ2v) is 8.48. The number of sulfonamides is 1. The minimum Gasteiger partial charge on any atom is -0.507 e. The van der Waals surface area contributed by atoms with E-state index in [9.17, 15) is 13.5 Å². The first-order chi connectivity index (χ1) is 12.9. The fourth-order valence-corrected chi connectivity index (χ4v) is 3.70. The van der Waals surface area contributed by atoms with Crippen LogP contribution in [0.25, 0.3) is 10.8 Å². The summed E-state index contributed by atoms with van der Waals surface area (Å²) in [6.45, 7) is 4.23. The van der Waals surface area contributed by atoms with Crippen molar-refractivity contribution >= 4 is 27.0 Å². The van der Waals surface area contributed by atoms with Crippen LogP contribution in [0.15, 0.2) is 70.7 Å². The van der Waals surface area contributed by atoms with E-state index in [-0.39, 0.29) is 10.6 Å². The van der Waals surface area contributed by atoms with Gasteiger partial charge >= 0.3 is 0 Å². The smallest absolute Gasteiger partial charge is 0.276 e. The second-order valence-electron chi connectivity index (χ2n) is 6.81. The highest BCUT2D eigenvalue weighted by Gasteiger charge is 2.13. The molecule has 2 N–H and O–H groups in total. The van der Waals surface area contributed by atoms with Crippen LogP contribution in [-0.4, -0.2) is 19.7 Å². The van der Waals surface area contributed by atoms with Crippen molar-refractivity contribution in [2.24, 2.45) is 11.0 Å². The van der Waals surface area contributed by atoms with Crippen molar-refractivity contribution in [1.82, 2.24) is 4.83 Å². The zero-order valence-corrected chi connectivity index (χ0v) is 16.1. The number of phenolic OH excluding ortho intramolecular Hbond substituents is 1. The van der Waals surface area contributed by atoms with Gasteiger partial charge in [0.05, 0.1) is 11.1 Å². The molecule has 6 heteroatoms. The maximum atomic E-state index is 12.4. The van der Waals surface area contributed by atoms with Gasteiger partial charge in [-0.25, -0.2) is 4.83 Å². The highest BCUT2D eigenvalue weighted by Crippen LogP contribution is 2.25.